The lowest BCUT2D eigenvalue weighted by Gasteiger charge is -2.23. The van der Waals surface area contributed by atoms with Crippen molar-refractivity contribution >= 4 is 21.7 Å². The molecule has 1 heteroatoms. The summed E-state index contributed by atoms with van der Waals surface area (Å²) in [6.45, 7) is 11.7. The van der Waals surface area contributed by atoms with Crippen LogP contribution in [0, 0.1) is 0 Å². The summed E-state index contributed by atoms with van der Waals surface area (Å²) in [5, 5.41) is 4.02. The van der Waals surface area contributed by atoms with Gasteiger partial charge >= 0.3 is 0 Å². The van der Waals surface area contributed by atoms with Crippen LogP contribution in [0.15, 0.2) is 84.9 Å². The summed E-state index contributed by atoms with van der Waals surface area (Å²) in [4.78, 5) is 0. The smallest absolute Gasteiger partial charge is 0.0591 e. The third kappa shape index (κ3) is 2.51. The number of hydrogen-bond acceptors (Lipinski definition) is 0. The lowest BCUT2D eigenvalue weighted by atomic mass is 9.80. The van der Waals surface area contributed by atoms with Gasteiger partial charge in [0.05, 0.1) is 11.2 Å². The van der Waals surface area contributed by atoms with Gasteiger partial charge in [-0.2, -0.15) is 0 Å². The number of nitrogens with zero attached hydrogens (tertiary/aromatic N) is 1. The van der Waals surface area contributed by atoms with Crippen molar-refractivity contribution in [3.8, 4) is 16.9 Å². The van der Waals surface area contributed by atoms with Crippen LogP contribution < -0.4 is 0 Å². The molecule has 0 N–H and O–H groups in total. The first-order valence-electron chi connectivity index (χ1n) is 11.6. The van der Waals surface area contributed by atoms with Crippen LogP contribution in [-0.2, 0) is 10.8 Å². The summed E-state index contributed by atoms with van der Waals surface area (Å²) >= 11 is 0. The second-order valence-corrected chi connectivity index (χ2v) is 10.7. The van der Waals surface area contributed by atoms with Crippen molar-refractivity contribution in [1.82, 2.24) is 4.57 Å². The predicted octanol–water partition coefficient (Wildman–Crippen LogP) is 8.39. The molecule has 0 unspecified atom stereocenters. The first-order chi connectivity index (χ1) is 15.3. The Labute approximate surface area is 190 Å². The first kappa shape index (κ1) is 19.4. The Morgan fingerprint density at radius 1 is 0.719 bits per heavy atom. The van der Waals surface area contributed by atoms with Gasteiger partial charge in [0.15, 0.2) is 0 Å². The summed E-state index contributed by atoms with van der Waals surface area (Å²) in [5.74, 6) is 0. The predicted molar refractivity (Wildman–Crippen MR) is 137 cm³/mol. The fraction of sp³-hybridized carbons (Fsp3) is 0.226. The van der Waals surface area contributed by atoms with Gasteiger partial charge in [0.25, 0.3) is 0 Å². The molecule has 0 fully saturated rings. The van der Waals surface area contributed by atoms with Crippen molar-refractivity contribution in [3.63, 3.8) is 0 Å². The van der Waals surface area contributed by atoms with E-state index >= 15 is 0 Å². The van der Waals surface area contributed by atoms with E-state index in [2.05, 4.69) is 124 Å². The van der Waals surface area contributed by atoms with E-state index in [1.54, 1.807) is 0 Å². The maximum absolute atomic E-state index is 2.50. The molecule has 0 aliphatic heterocycles. The Morgan fingerprint density at radius 2 is 1.44 bits per heavy atom. The van der Waals surface area contributed by atoms with Crippen LogP contribution in [0.2, 0.25) is 0 Å². The van der Waals surface area contributed by atoms with E-state index in [-0.39, 0.29) is 10.8 Å². The number of benzene rings is 4. The molecule has 1 heterocycles. The highest BCUT2D eigenvalue weighted by atomic mass is 15.0. The lowest BCUT2D eigenvalue weighted by molar-refractivity contribution is 0.591. The highest BCUT2D eigenvalue weighted by Crippen LogP contribution is 2.55. The monoisotopic (exact) mass is 415 g/mol. The van der Waals surface area contributed by atoms with Gasteiger partial charge in [0.2, 0.25) is 0 Å². The summed E-state index contributed by atoms with van der Waals surface area (Å²) in [5.41, 5.74) is 9.56. The molecule has 1 aliphatic carbocycles. The van der Waals surface area contributed by atoms with E-state index in [9.17, 15) is 0 Å². The maximum atomic E-state index is 2.50. The minimum atomic E-state index is -0.0660. The van der Waals surface area contributed by atoms with Gasteiger partial charge < -0.3 is 4.57 Å². The van der Waals surface area contributed by atoms with E-state index in [1.165, 1.54) is 55.3 Å². The van der Waals surface area contributed by atoms with Crippen LogP contribution >= 0.6 is 0 Å². The van der Waals surface area contributed by atoms with E-state index in [4.69, 9.17) is 0 Å². The number of hydrogen-bond donors (Lipinski definition) is 0. The first-order valence-corrected chi connectivity index (χ1v) is 11.6. The van der Waals surface area contributed by atoms with Gasteiger partial charge in [-0.3, -0.25) is 0 Å². The molecule has 5 aromatic rings. The van der Waals surface area contributed by atoms with Gasteiger partial charge in [0, 0.05) is 22.1 Å². The largest absolute Gasteiger partial charge is 0.309 e. The van der Waals surface area contributed by atoms with E-state index in [0.717, 1.165) is 0 Å². The highest BCUT2D eigenvalue weighted by Gasteiger charge is 2.41. The van der Waals surface area contributed by atoms with Crippen molar-refractivity contribution in [2.24, 2.45) is 0 Å². The number of fused-ring (bicyclic) bond motifs is 7. The van der Waals surface area contributed by atoms with Crippen LogP contribution in [0.3, 0.4) is 0 Å². The number of rotatable bonds is 1. The third-order valence-electron chi connectivity index (χ3n) is 7.31. The molecule has 0 radical (unpaired) electrons. The average molecular weight is 416 g/mol. The van der Waals surface area contributed by atoms with Crippen LogP contribution in [0.4, 0.5) is 0 Å². The lowest BCUT2D eigenvalue weighted by Crippen LogP contribution is -2.15. The zero-order valence-corrected chi connectivity index (χ0v) is 19.5. The van der Waals surface area contributed by atoms with Gasteiger partial charge in [-0.25, -0.2) is 0 Å². The quantitative estimate of drug-likeness (QED) is 0.259. The summed E-state index contributed by atoms with van der Waals surface area (Å²) < 4.78 is 2.50. The molecular formula is C31H29N. The minimum Gasteiger partial charge on any atom is -0.309 e. The van der Waals surface area contributed by atoms with Crippen LogP contribution in [0.1, 0.15) is 51.3 Å². The van der Waals surface area contributed by atoms with Crippen molar-refractivity contribution in [1.29, 1.82) is 0 Å². The average Bonchev–Trinajstić information content (AvgIpc) is 3.24. The molecule has 0 bridgehead atoms. The van der Waals surface area contributed by atoms with Crippen molar-refractivity contribution in [2.45, 2.75) is 45.4 Å². The van der Waals surface area contributed by atoms with E-state index < -0.39 is 0 Å². The van der Waals surface area contributed by atoms with Gasteiger partial charge in [-0.1, -0.05) is 95.3 Å². The standard InChI is InChI=1S/C31H29N/c1-30(2,3)21-16-18-26-24(19-21)28-29(32(26)22-12-7-6-8-13-22)27-23-14-10-9-11-20(23)15-17-25(27)31(28,4)5/h6-19H,1-5H3. The van der Waals surface area contributed by atoms with Crippen molar-refractivity contribution < 1.29 is 0 Å². The Hall–Kier alpha value is -3.32. The van der Waals surface area contributed by atoms with Crippen molar-refractivity contribution in [3.05, 3.63) is 102 Å². The third-order valence-corrected chi connectivity index (χ3v) is 7.31. The minimum absolute atomic E-state index is 0.0660. The summed E-state index contributed by atoms with van der Waals surface area (Å²) in [6.07, 6.45) is 0. The molecule has 0 amide bonds. The zero-order valence-electron chi connectivity index (χ0n) is 19.5. The molecule has 0 saturated heterocycles. The Balaban J connectivity index is 1.84. The SMILES string of the molecule is CC(C)(C)c1ccc2c(c1)c1c(n2-c2ccccc2)-c2c(ccc3ccccc23)C1(C)C. The Kier molecular flexibility index (Phi) is 3.85. The molecule has 32 heavy (non-hydrogen) atoms. The summed E-state index contributed by atoms with van der Waals surface area (Å²) in [7, 11) is 0. The molecular weight excluding hydrogens is 386 g/mol. The molecule has 1 aliphatic rings. The molecule has 1 aromatic heterocycles. The zero-order chi connectivity index (χ0) is 22.3. The topological polar surface area (TPSA) is 4.93 Å². The number of aromatic nitrogens is 1. The molecule has 0 spiro atoms. The van der Waals surface area contributed by atoms with E-state index in [1.807, 2.05) is 0 Å². The fourth-order valence-electron chi connectivity index (χ4n) is 5.65. The van der Waals surface area contributed by atoms with Gasteiger partial charge in [-0.05, 0) is 57.1 Å². The normalized spacial score (nSPS) is 14.7. The van der Waals surface area contributed by atoms with Gasteiger partial charge in [-0.15, -0.1) is 0 Å². The molecule has 6 rings (SSSR count). The molecule has 4 aromatic carbocycles. The number of para-hydroxylation sites is 1. The molecule has 0 atom stereocenters. The van der Waals surface area contributed by atoms with Crippen LogP contribution in [-0.4, -0.2) is 4.57 Å². The van der Waals surface area contributed by atoms with E-state index in [0.29, 0.717) is 0 Å². The van der Waals surface area contributed by atoms with Crippen molar-refractivity contribution in [2.75, 3.05) is 0 Å². The molecule has 158 valence electrons. The van der Waals surface area contributed by atoms with Crippen LogP contribution in [0.25, 0.3) is 38.6 Å². The summed E-state index contributed by atoms with van der Waals surface area (Å²) in [6, 6.07) is 31.4. The Morgan fingerprint density at radius 3 is 2.19 bits per heavy atom. The highest BCUT2D eigenvalue weighted by molar-refractivity contribution is 6.08. The second-order valence-electron chi connectivity index (χ2n) is 10.7. The van der Waals surface area contributed by atoms with Crippen LogP contribution in [0.5, 0.6) is 0 Å². The fourth-order valence-corrected chi connectivity index (χ4v) is 5.65. The molecule has 0 saturated carbocycles. The maximum Gasteiger partial charge on any atom is 0.0591 e. The molecule has 1 nitrogen and oxygen atoms in total. The second kappa shape index (κ2) is 6.36. The Bertz CT molecular complexity index is 1510. The van der Waals surface area contributed by atoms with Gasteiger partial charge in [0.1, 0.15) is 0 Å².